The molecule has 1 nitrogen and oxygen atoms in total. The summed E-state index contributed by atoms with van der Waals surface area (Å²) in [5.74, 6) is 2.82. The average molecular weight is 200 g/mol. The maximum atomic E-state index is 9.72. The minimum Gasteiger partial charge on any atom is -0.508 e. The van der Waals surface area contributed by atoms with E-state index in [1.54, 1.807) is 6.07 Å². The van der Waals surface area contributed by atoms with Gasteiger partial charge in [0.15, 0.2) is 0 Å². The molecule has 2 aliphatic rings. The first kappa shape index (κ1) is 9.02. The number of hydrogen-bond acceptors (Lipinski definition) is 1. The number of phenols is 1. The Balaban J connectivity index is 1.76. The smallest absolute Gasteiger partial charge is 0.118 e. The number of aromatic hydroxyl groups is 1. The summed E-state index contributed by atoms with van der Waals surface area (Å²) in [6.07, 6.45) is 8.44. The van der Waals surface area contributed by atoms with Crippen molar-refractivity contribution >= 4 is 0 Å². The lowest BCUT2D eigenvalue weighted by Gasteiger charge is -2.18. The fourth-order valence-electron chi connectivity index (χ4n) is 3.10. The van der Waals surface area contributed by atoms with Crippen LogP contribution in [0.3, 0.4) is 0 Å². The van der Waals surface area contributed by atoms with Crippen LogP contribution in [0, 0.1) is 17.8 Å². The first-order valence-electron chi connectivity index (χ1n) is 5.78. The van der Waals surface area contributed by atoms with Gasteiger partial charge in [0.25, 0.3) is 0 Å². The van der Waals surface area contributed by atoms with Gasteiger partial charge in [-0.25, -0.2) is 0 Å². The maximum Gasteiger partial charge on any atom is 0.118 e. The molecule has 1 saturated carbocycles. The number of rotatable bonds is 2. The molecule has 0 aromatic heterocycles. The van der Waals surface area contributed by atoms with Crippen LogP contribution in [0.2, 0.25) is 0 Å². The molecule has 1 aromatic rings. The molecule has 1 aromatic carbocycles. The molecule has 3 unspecified atom stereocenters. The summed E-state index contributed by atoms with van der Waals surface area (Å²) < 4.78 is 0. The van der Waals surface area contributed by atoms with Crippen LogP contribution in [-0.4, -0.2) is 5.11 Å². The van der Waals surface area contributed by atoms with Gasteiger partial charge in [0, 0.05) is 0 Å². The molecule has 0 heterocycles. The Labute approximate surface area is 90.4 Å². The minimum absolute atomic E-state index is 0.462. The summed E-state index contributed by atoms with van der Waals surface area (Å²) in [7, 11) is 0. The number of phenolic OH excluding ortho intramolecular Hbond substituents is 1. The first-order valence-corrected chi connectivity index (χ1v) is 5.78. The van der Waals surface area contributed by atoms with Gasteiger partial charge in [0.05, 0.1) is 0 Å². The molecule has 2 bridgehead atoms. The van der Waals surface area contributed by atoms with E-state index in [1.165, 1.54) is 12.8 Å². The van der Waals surface area contributed by atoms with Crippen molar-refractivity contribution in [1.82, 2.24) is 0 Å². The van der Waals surface area contributed by atoms with Gasteiger partial charge in [-0.2, -0.15) is 0 Å². The Hall–Kier alpha value is -1.24. The summed E-state index contributed by atoms with van der Waals surface area (Å²) >= 11 is 0. The van der Waals surface area contributed by atoms with Crippen LogP contribution in [0.4, 0.5) is 0 Å². The third-order valence-electron chi connectivity index (χ3n) is 3.89. The first-order chi connectivity index (χ1) is 7.33. The molecule has 3 rings (SSSR count). The van der Waals surface area contributed by atoms with Crippen molar-refractivity contribution in [3.8, 4) is 5.75 Å². The lowest BCUT2D eigenvalue weighted by atomic mass is 9.87. The van der Waals surface area contributed by atoms with Crippen LogP contribution in [0.5, 0.6) is 5.75 Å². The van der Waals surface area contributed by atoms with E-state index in [0.29, 0.717) is 5.75 Å². The summed E-state index contributed by atoms with van der Waals surface area (Å²) in [6.45, 7) is 0. The largest absolute Gasteiger partial charge is 0.508 e. The van der Waals surface area contributed by atoms with E-state index in [9.17, 15) is 5.11 Å². The van der Waals surface area contributed by atoms with E-state index in [2.05, 4.69) is 12.2 Å². The van der Waals surface area contributed by atoms with Gasteiger partial charge in [-0.3, -0.25) is 0 Å². The van der Waals surface area contributed by atoms with Crippen LogP contribution in [0.1, 0.15) is 18.4 Å². The van der Waals surface area contributed by atoms with E-state index in [4.69, 9.17) is 0 Å². The number of allylic oxidation sites excluding steroid dienone is 2. The second-order valence-corrected chi connectivity index (χ2v) is 4.87. The number of fused-ring (bicyclic) bond motifs is 2. The van der Waals surface area contributed by atoms with Gasteiger partial charge in [0.2, 0.25) is 0 Å². The van der Waals surface area contributed by atoms with E-state index < -0.39 is 0 Å². The Bertz CT molecular complexity index is 394. The molecule has 0 amide bonds. The predicted molar refractivity (Wildman–Crippen MR) is 60.7 cm³/mol. The van der Waals surface area contributed by atoms with Crippen LogP contribution in [0.25, 0.3) is 0 Å². The Morgan fingerprint density at radius 1 is 1.13 bits per heavy atom. The number of benzene rings is 1. The molecule has 15 heavy (non-hydrogen) atoms. The molecule has 1 fully saturated rings. The van der Waals surface area contributed by atoms with E-state index in [-0.39, 0.29) is 0 Å². The summed E-state index contributed by atoms with van der Waals surface area (Å²) in [5.41, 5.74) is 1.11. The predicted octanol–water partition coefficient (Wildman–Crippen LogP) is 3.15. The topological polar surface area (TPSA) is 20.2 Å². The van der Waals surface area contributed by atoms with Crippen molar-refractivity contribution in [2.75, 3.05) is 0 Å². The molecular formula is C14H16O. The van der Waals surface area contributed by atoms with Crippen molar-refractivity contribution in [2.24, 2.45) is 17.8 Å². The van der Waals surface area contributed by atoms with Crippen molar-refractivity contribution in [3.63, 3.8) is 0 Å². The van der Waals surface area contributed by atoms with Crippen molar-refractivity contribution in [1.29, 1.82) is 0 Å². The van der Waals surface area contributed by atoms with Gasteiger partial charge in [0.1, 0.15) is 5.75 Å². The van der Waals surface area contributed by atoms with E-state index in [1.807, 2.05) is 18.2 Å². The van der Waals surface area contributed by atoms with Gasteiger partial charge >= 0.3 is 0 Å². The minimum atomic E-state index is 0.462. The summed E-state index contributed by atoms with van der Waals surface area (Å²) in [5, 5.41) is 9.72. The third-order valence-corrected chi connectivity index (χ3v) is 3.89. The van der Waals surface area contributed by atoms with Crippen molar-refractivity contribution in [2.45, 2.75) is 19.3 Å². The highest BCUT2D eigenvalue weighted by molar-refractivity contribution is 5.32. The standard InChI is InChI=1S/C14H16O/c15-14-4-2-1-3-12(14)9-13-8-10-5-6-11(13)7-10/h1-6,10-11,13,15H,7-9H2. The molecular weight excluding hydrogens is 184 g/mol. The van der Waals surface area contributed by atoms with Gasteiger partial charge in [-0.05, 0) is 48.6 Å². The van der Waals surface area contributed by atoms with Gasteiger partial charge in [-0.15, -0.1) is 0 Å². The number of para-hydroxylation sites is 1. The average Bonchev–Trinajstić information content (AvgIpc) is 2.83. The van der Waals surface area contributed by atoms with Crippen LogP contribution in [0.15, 0.2) is 36.4 Å². The molecule has 1 N–H and O–H groups in total. The van der Waals surface area contributed by atoms with Crippen LogP contribution < -0.4 is 0 Å². The van der Waals surface area contributed by atoms with Gasteiger partial charge in [-0.1, -0.05) is 30.4 Å². The molecule has 0 radical (unpaired) electrons. The quantitative estimate of drug-likeness (QED) is 0.727. The lowest BCUT2D eigenvalue weighted by molar-refractivity contribution is 0.423. The van der Waals surface area contributed by atoms with E-state index >= 15 is 0 Å². The zero-order chi connectivity index (χ0) is 10.3. The highest BCUT2D eigenvalue weighted by Gasteiger charge is 2.35. The molecule has 0 aliphatic heterocycles. The second-order valence-electron chi connectivity index (χ2n) is 4.87. The fourth-order valence-corrected chi connectivity index (χ4v) is 3.10. The lowest BCUT2D eigenvalue weighted by Crippen LogP contribution is -2.10. The molecule has 0 spiro atoms. The zero-order valence-corrected chi connectivity index (χ0v) is 8.76. The Morgan fingerprint density at radius 3 is 2.67 bits per heavy atom. The zero-order valence-electron chi connectivity index (χ0n) is 8.76. The SMILES string of the molecule is Oc1ccccc1CC1CC2C=CC1C2. The van der Waals surface area contributed by atoms with Crippen LogP contribution in [-0.2, 0) is 6.42 Å². The second kappa shape index (κ2) is 3.41. The monoisotopic (exact) mass is 200 g/mol. The highest BCUT2D eigenvalue weighted by Crippen LogP contribution is 2.45. The fraction of sp³-hybridized carbons (Fsp3) is 0.429. The molecule has 78 valence electrons. The molecule has 3 atom stereocenters. The molecule has 2 aliphatic carbocycles. The highest BCUT2D eigenvalue weighted by atomic mass is 16.3. The normalized spacial score (nSPS) is 32.4. The maximum absolute atomic E-state index is 9.72. The summed E-state index contributed by atoms with van der Waals surface area (Å²) in [6, 6.07) is 7.74. The Kier molecular flexibility index (Phi) is 2.05. The van der Waals surface area contributed by atoms with Gasteiger partial charge < -0.3 is 5.11 Å². The Morgan fingerprint density at radius 2 is 2.00 bits per heavy atom. The number of hydrogen-bond donors (Lipinski definition) is 1. The third kappa shape index (κ3) is 1.56. The molecule has 1 heteroatoms. The summed E-state index contributed by atoms with van der Waals surface area (Å²) in [4.78, 5) is 0. The van der Waals surface area contributed by atoms with Crippen molar-refractivity contribution < 1.29 is 5.11 Å². The van der Waals surface area contributed by atoms with E-state index in [0.717, 1.165) is 29.7 Å². The molecule has 0 saturated heterocycles. The van der Waals surface area contributed by atoms with Crippen molar-refractivity contribution in [3.05, 3.63) is 42.0 Å². The van der Waals surface area contributed by atoms with Crippen LogP contribution >= 0.6 is 0 Å².